The number of fused-ring (bicyclic) bond motifs is 1. The first-order valence-corrected chi connectivity index (χ1v) is 8.57. The minimum atomic E-state index is -0.341. The summed E-state index contributed by atoms with van der Waals surface area (Å²) in [4.78, 5) is 29.5. The molecule has 0 aliphatic heterocycles. The predicted octanol–water partition coefficient (Wildman–Crippen LogP) is 0.934. The maximum Gasteiger partial charge on any atom is 0.332 e. The molecular weight excluding hydrogens is 314 g/mol. The first-order valence-electron chi connectivity index (χ1n) is 7.58. The van der Waals surface area contributed by atoms with Gasteiger partial charge in [0, 0.05) is 32.4 Å². The second kappa shape index (κ2) is 7.18. The Balaban J connectivity index is 2.81. The third-order valence-electron chi connectivity index (χ3n) is 3.54. The summed E-state index contributed by atoms with van der Waals surface area (Å²) in [6.07, 6.45) is 2.04. The van der Waals surface area contributed by atoms with Crippen molar-refractivity contribution < 1.29 is 0 Å². The van der Waals surface area contributed by atoms with Gasteiger partial charge in [-0.3, -0.25) is 13.9 Å². The van der Waals surface area contributed by atoms with Gasteiger partial charge in [-0.05, 0) is 20.8 Å². The Morgan fingerprint density at radius 3 is 2.57 bits per heavy atom. The summed E-state index contributed by atoms with van der Waals surface area (Å²) in [5, 5.41) is 0.712. The van der Waals surface area contributed by atoms with Gasteiger partial charge >= 0.3 is 5.69 Å². The molecule has 8 heteroatoms. The third-order valence-corrected chi connectivity index (χ3v) is 4.55. The minimum Gasteiger partial charge on any atom is -0.330 e. The lowest BCUT2D eigenvalue weighted by atomic mass is 10.3. The number of aromatic nitrogens is 4. The topological polar surface area (TPSA) is 87.8 Å². The molecule has 0 fully saturated rings. The molecule has 2 aromatic rings. The number of aryl methyl sites for hydroxylation is 1. The van der Waals surface area contributed by atoms with Crippen molar-refractivity contribution in [3.63, 3.8) is 0 Å². The molecular formula is C15H23N5O2S. The van der Waals surface area contributed by atoms with E-state index in [4.69, 9.17) is 5.73 Å². The van der Waals surface area contributed by atoms with Gasteiger partial charge in [0.2, 0.25) is 0 Å². The highest BCUT2D eigenvalue weighted by atomic mass is 32.2. The second-order valence-corrected chi connectivity index (χ2v) is 6.55. The Morgan fingerprint density at radius 2 is 2.00 bits per heavy atom. The van der Waals surface area contributed by atoms with Crippen molar-refractivity contribution in [3.8, 4) is 0 Å². The predicted molar refractivity (Wildman–Crippen MR) is 94.1 cm³/mol. The van der Waals surface area contributed by atoms with Crippen LogP contribution in [0.5, 0.6) is 0 Å². The number of imidazole rings is 1. The van der Waals surface area contributed by atoms with Crippen LogP contribution in [0, 0.1) is 0 Å². The fourth-order valence-electron chi connectivity index (χ4n) is 2.33. The molecule has 0 aliphatic carbocycles. The molecule has 0 spiro atoms. The van der Waals surface area contributed by atoms with Crippen molar-refractivity contribution in [3.05, 3.63) is 32.5 Å². The summed E-state index contributed by atoms with van der Waals surface area (Å²) in [6, 6.07) is 0. The number of allylic oxidation sites excluding steroid dienone is 2. The molecule has 2 rings (SSSR count). The summed E-state index contributed by atoms with van der Waals surface area (Å²) < 4.78 is 4.54. The van der Waals surface area contributed by atoms with E-state index >= 15 is 0 Å². The molecule has 0 unspecified atom stereocenters. The quantitative estimate of drug-likeness (QED) is 0.626. The van der Waals surface area contributed by atoms with Crippen molar-refractivity contribution in [1.29, 1.82) is 0 Å². The zero-order chi connectivity index (χ0) is 17.1. The molecule has 0 amide bonds. The highest BCUT2D eigenvalue weighted by molar-refractivity contribution is 7.99. The van der Waals surface area contributed by atoms with E-state index in [-0.39, 0.29) is 11.2 Å². The van der Waals surface area contributed by atoms with E-state index < -0.39 is 0 Å². The van der Waals surface area contributed by atoms with E-state index in [1.807, 2.05) is 24.5 Å². The van der Waals surface area contributed by atoms with Crippen LogP contribution in [0.15, 0.2) is 26.4 Å². The van der Waals surface area contributed by atoms with Crippen LogP contribution in [0.4, 0.5) is 0 Å². The second-order valence-electron chi connectivity index (χ2n) is 5.49. The van der Waals surface area contributed by atoms with Gasteiger partial charge in [-0.15, -0.1) is 0 Å². The van der Waals surface area contributed by atoms with Crippen LogP contribution in [-0.2, 0) is 20.1 Å². The Bertz CT molecular complexity index is 855. The maximum absolute atomic E-state index is 12.7. The van der Waals surface area contributed by atoms with Crippen LogP contribution in [-0.4, -0.2) is 31.0 Å². The standard InChI is InChI=1S/C15H23N5O2S/c1-5-19-13(21)11-12(18(4)15(19)22)17-14(23-9-7-16)20(11)8-6-10(2)3/h6H,5,7-9,16H2,1-4H3. The number of hydrogen-bond acceptors (Lipinski definition) is 5. The van der Waals surface area contributed by atoms with E-state index in [9.17, 15) is 9.59 Å². The number of nitrogens with zero attached hydrogens (tertiary/aromatic N) is 4. The van der Waals surface area contributed by atoms with Gasteiger partial charge in [0.1, 0.15) is 0 Å². The molecule has 0 saturated carbocycles. The smallest absolute Gasteiger partial charge is 0.330 e. The lowest BCUT2D eigenvalue weighted by Crippen LogP contribution is -2.39. The number of rotatable bonds is 6. The van der Waals surface area contributed by atoms with E-state index in [1.165, 1.54) is 20.9 Å². The van der Waals surface area contributed by atoms with E-state index in [2.05, 4.69) is 4.98 Å². The van der Waals surface area contributed by atoms with Gasteiger partial charge in [0.05, 0.1) is 0 Å². The summed E-state index contributed by atoms with van der Waals surface area (Å²) in [7, 11) is 1.64. The zero-order valence-electron chi connectivity index (χ0n) is 14.0. The van der Waals surface area contributed by atoms with Gasteiger partial charge < -0.3 is 10.3 Å². The molecule has 7 nitrogen and oxygen atoms in total. The summed E-state index contributed by atoms with van der Waals surface area (Å²) in [5.74, 6) is 0.702. The van der Waals surface area contributed by atoms with E-state index in [1.54, 1.807) is 14.0 Å². The van der Waals surface area contributed by atoms with Crippen molar-refractivity contribution in [2.24, 2.45) is 12.8 Å². The Kier molecular flexibility index (Phi) is 5.48. The Labute approximate surface area is 138 Å². The van der Waals surface area contributed by atoms with Gasteiger partial charge in [0.25, 0.3) is 5.56 Å². The minimum absolute atomic E-state index is 0.292. The summed E-state index contributed by atoms with van der Waals surface area (Å²) in [6.45, 7) is 7.20. The SMILES string of the molecule is CCn1c(=O)c2c(nc(SCCN)n2CC=C(C)C)n(C)c1=O. The van der Waals surface area contributed by atoms with Crippen LogP contribution in [0.2, 0.25) is 0 Å². The Morgan fingerprint density at radius 1 is 1.30 bits per heavy atom. The monoisotopic (exact) mass is 337 g/mol. The fraction of sp³-hybridized carbons (Fsp3) is 0.533. The molecule has 0 atom stereocenters. The van der Waals surface area contributed by atoms with Crippen molar-refractivity contribution in [2.45, 2.75) is 39.0 Å². The highest BCUT2D eigenvalue weighted by Crippen LogP contribution is 2.21. The van der Waals surface area contributed by atoms with Crippen LogP contribution in [0.25, 0.3) is 11.2 Å². The first kappa shape index (κ1) is 17.6. The zero-order valence-corrected chi connectivity index (χ0v) is 14.8. The lowest BCUT2D eigenvalue weighted by molar-refractivity contribution is 0.633. The Hall–Kier alpha value is -1.80. The summed E-state index contributed by atoms with van der Waals surface area (Å²) >= 11 is 1.50. The number of thioether (sulfide) groups is 1. The third kappa shape index (κ3) is 3.28. The molecule has 126 valence electrons. The molecule has 0 bridgehead atoms. The van der Waals surface area contributed by atoms with Crippen LogP contribution >= 0.6 is 11.8 Å². The molecule has 2 aromatic heterocycles. The van der Waals surface area contributed by atoms with Gasteiger partial charge in [-0.25, -0.2) is 9.78 Å². The van der Waals surface area contributed by atoms with Gasteiger partial charge in [-0.1, -0.05) is 23.4 Å². The average molecular weight is 337 g/mol. The molecule has 0 radical (unpaired) electrons. The maximum atomic E-state index is 12.7. The van der Waals surface area contributed by atoms with Crippen molar-refractivity contribution in [1.82, 2.24) is 18.7 Å². The number of nitrogens with two attached hydrogens (primary N) is 1. The summed E-state index contributed by atoms with van der Waals surface area (Å²) in [5.41, 5.74) is 6.99. The normalized spacial score (nSPS) is 11.2. The van der Waals surface area contributed by atoms with Crippen molar-refractivity contribution in [2.75, 3.05) is 12.3 Å². The largest absolute Gasteiger partial charge is 0.332 e. The van der Waals surface area contributed by atoms with Crippen LogP contribution in [0.1, 0.15) is 20.8 Å². The molecule has 2 heterocycles. The number of hydrogen-bond donors (Lipinski definition) is 1. The molecule has 23 heavy (non-hydrogen) atoms. The highest BCUT2D eigenvalue weighted by Gasteiger charge is 2.19. The lowest BCUT2D eigenvalue weighted by Gasteiger charge is -2.08. The average Bonchev–Trinajstić information content (AvgIpc) is 2.88. The van der Waals surface area contributed by atoms with Gasteiger partial charge in [0.15, 0.2) is 16.3 Å². The molecule has 2 N–H and O–H groups in total. The molecule has 0 saturated heterocycles. The van der Waals surface area contributed by atoms with Crippen LogP contribution in [0.3, 0.4) is 0 Å². The van der Waals surface area contributed by atoms with Gasteiger partial charge in [-0.2, -0.15) is 0 Å². The van der Waals surface area contributed by atoms with E-state index in [0.717, 1.165) is 5.57 Å². The molecule has 0 aromatic carbocycles. The van der Waals surface area contributed by atoms with Crippen molar-refractivity contribution >= 4 is 22.9 Å². The van der Waals surface area contributed by atoms with E-state index in [0.29, 0.717) is 41.7 Å². The molecule has 0 aliphatic rings. The first-order chi connectivity index (χ1) is 10.9. The fourth-order valence-corrected chi connectivity index (χ4v) is 3.11. The van der Waals surface area contributed by atoms with Crippen LogP contribution < -0.4 is 17.0 Å².